The van der Waals surface area contributed by atoms with Gasteiger partial charge in [0.15, 0.2) is 6.29 Å². The van der Waals surface area contributed by atoms with Crippen LogP contribution in [0.15, 0.2) is 0 Å². The molecule has 2 nitrogen and oxygen atoms in total. The van der Waals surface area contributed by atoms with Crippen LogP contribution in [0.2, 0.25) is 0 Å². The second kappa shape index (κ2) is 1.80. The molecule has 1 fully saturated rings. The number of ether oxygens (including phenoxy) is 1. The molecular formula is C5H9O2. The maximum Gasteiger partial charge on any atom is 0.181 e. The molecule has 1 saturated heterocycles. The van der Waals surface area contributed by atoms with Crippen molar-refractivity contribution < 1.29 is 9.84 Å². The molecule has 1 N–H and O–H groups in total. The molecule has 1 radical (unpaired) electrons. The van der Waals surface area contributed by atoms with Gasteiger partial charge in [0.05, 0.1) is 0 Å². The molecule has 0 aromatic heterocycles. The summed E-state index contributed by atoms with van der Waals surface area (Å²) in [7, 11) is 0. The maximum absolute atomic E-state index is 8.51. The Balaban J connectivity index is 1.98. The summed E-state index contributed by atoms with van der Waals surface area (Å²) >= 11 is 0. The van der Waals surface area contributed by atoms with Gasteiger partial charge in [0.1, 0.15) is 6.10 Å². The summed E-state index contributed by atoms with van der Waals surface area (Å²) in [6, 6.07) is 0. The summed E-state index contributed by atoms with van der Waals surface area (Å²) in [5.74, 6) is 0. The van der Waals surface area contributed by atoms with E-state index in [9.17, 15) is 0 Å². The Hall–Kier alpha value is -0.0800. The average molecular weight is 101 g/mol. The number of aliphatic hydroxyl groups is 1. The Morgan fingerprint density at radius 3 is 2.43 bits per heavy atom. The van der Waals surface area contributed by atoms with E-state index in [1.54, 1.807) is 0 Å². The summed E-state index contributed by atoms with van der Waals surface area (Å²) in [5, 5.41) is 8.51. The number of hydrogen-bond acceptors (Lipinski definition) is 2. The zero-order valence-corrected chi connectivity index (χ0v) is 4.13. The van der Waals surface area contributed by atoms with E-state index in [-0.39, 0.29) is 6.10 Å². The zero-order valence-electron chi connectivity index (χ0n) is 4.13. The lowest BCUT2D eigenvalue weighted by atomic mass is 10.3. The van der Waals surface area contributed by atoms with Gasteiger partial charge in [-0.1, -0.05) is 13.3 Å². The molecule has 0 aromatic carbocycles. The number of rotatable bonds is 2. The number of epoxide rings is 1. The van der Waals surface area contributed by atoms with Gasteiger partial charge in [-0.05, 0) is 6.42 Å². The fraction of sp³-hybridized carbons (Fsp3) is 0.800. The summed E-state index contributed by atoms with van der Waals surface area (Å²) in [5.41, 5.74) is 0. The van der Waals surface area contributed by atoms with Gasteiger partial charge in [-0.2, -0.15) is 0 Å². The van der Waals surface area contributed by atoms with E-state index in [0.29, 0.717) is 0 Å². The number of aliphatic hydroxyl groups excluding tert-OH is 1. The van der Waals surface area contributed by atoms with Gasteiger partial charge in [0.2, 0.25) is 0 Å². The van der Waals surface area contributed by atoms with Crippen molar-refractivity contribution >= 4 is 0 Å². The predicted molar refractivity (Wildman–Crippen MR) is 25.5 cm³/mol. The van der Waals surface area contributed by atoms with E-state index < -0.39 is 6.29 Å². The molecule has 0 spiro atoms. The molecule has 2 atom stereocenters. The molecule has 41 valence electrons. The van der Waals surface area contributed by atoms with Gasteiger partial charge in [-0.3, -0.25) is 0 Å². The predicted octanol–water partition coefficient (Wildman–Crippen LogP) is 0.318. The molecule has 2 unspecified atom stereocenters. The van der Waals surface area contributed by atoms with Gasteiger partial charge in [0, 0.05) is 0 Å². The van der Waals surface area contributed by atoms with Gasteiger partial charge in [-0.15, -0.1) is 0 Å². The van der Waals surface area contributed by atoms with E-state index in [1.807, 2.05) is 0 Å². The lowest BCUT2D eigenvalue weighted by Crippen LogP contribution is -1.88. The SMILES string of the molecule is [CH2]CCC1OC1O. The second-order valence-electron chi connectivity index (χ2n) is 1.71. The highest BCUT2D eigenvalue weighted by Gasteiger charge is 2.35. The molecule has 1 aliphatic rings. The Morgan fingerprint density at radius 1 is 1.71 bits per heavy atom. The van der Waals surface area contributed by atoms with Crippen LogP contribution in [-0.4, -0.2) is 17.5 Å². The minimum absolute atomic E-state index is 0.109. The van der Waals surface area contributed by atoms with E-state index in [2.05, 4.69) is 11.7 Å². The van der Waals surface area contributed by atoms with Crippen LogP contribution >= 0.6 is 0 Å². The van der Waals surface area contributed by atoms with Crippen LogP contribution in [0.4, 0.5) is 0 Å². The van der Waals surface area contributed by atoms with Crippen molar-refractivity contribution in [3.05, 3.63) is 6.92 Å². The zero-order chi connectivity index (χ0) is 5.28. The minimum atomic E-state index is -0.471. The second-order valence-corrected chi connectivity index (χ2v) is 1.71. The van der Waals surface area contributed by atoms with E-state index >= 15 is 0 Å². The van der Waals surface area contributed by atoms with E-state index in [4.69, 9.17) is 5.11 Å². The molecule has 7 heavy (non-hydrogen) atoms. The van der Waals surface area contributed by atoms with E-state index in [1.165, 1.54) is 0 Å². The third-order valence-corrected chi connectivity index (χ3v) is 1.04. The maximum atomic E-state index is 8.51. The third kappa shape index (κ3) is 1.14. The van der Waals surface area contributed by atoms with Gasteiger partial charge < -0.3 is 9.84 Å². The van der Waals surface area contributed by atoms with Crippen LogP contribution in [-0.2, 0) is 4.74 Å². The summed E-state index contributed by atoms with van der Waals surface area (Å²) in [4.78, 5) is 0. The van der Waals surface area contributed by atoms with Crippen molar-refractivity contribution in [2.45, 2.75) is 25.2 Å². The van der Waals surface area contributed by atoms with Crippen molar-refractivity contribution in [2.24, 2.45) is 0 Å². The van der Waals surface area contributed by atoms with Crippen molar-refractivity contribution in [1.29, 1.82) is 0 Å². The van der Waals surface area contributed by atoms with E-state index in [0.717, 1.165) is 12.8 Å². The van der Waals surface area contributed by atoms with Gasteiger partial charge in [-0.25, -0.2) is 0 Å². The van der Waals surface area contributed by atoms with Crippen molar-refractivity contribution in [1.82, 2.24) is 0 Å². The van der Waals surface area contributed by atoms with Crippen LogP contribution < -0.4 is 0 Å². The minimum Gasteiger partial charge on any atom is -0.366 e. The molecule has 2 heteroatoms. The highest BCUT2D eigenvalue weighted by molar-refractivity contribution is 4.74. The average Bonchev–Trinajstić information content (AvgIpc) is 2.22. The summed E-state index contributed by atoms with van der Waals surface area (Å²) in [6.07, 6.45) is 1.38. The first-order chi connectivity index (χ1) is 3.34. The molecule has 1 rings (SSSR count). The van der Waals surface area contributed by atoms with Crippen LogP contribution in [0, 0.1) is 6.92 Å². The standard InChI is InChI=1S/C5H9O2/c1-2-3-4-5(6)7-4/h4-6H,1-3H2. The summed E-state index contributed by atoms with van der Waals surface area (Å²) < 4.78 is 4.67. The smallest absolute Gasteiger partial charge is 0.181 e. The molecule has 1 heterocycles. The van der Waals surface area contributed by atoms with Crippen LogP contribution in [0.1, 0.15) is 12.8 Å². The molecule has 0 aromatic rings. The van der Waals surface area contributed by atoms with Crippen LogP contribution in [0.3, 0.4) is 0 Å². The van der Waals surface area contributed by atoms with Crippen LogP contribution in [0.5, 0.6) is 0 Å². The monoisotopic (exact) mass is 101 g/mol. The highest BCUT2D eigenvalue weighted by Crippen LogP contribution is 2.22. The van der Waals surface area contributed by atoms with Gasteiger partial charge >= 0.3 is 0 Å². The molecule has 1 aliphatic heterocycles. The Morgan fingerprint density at radius 2 is 2.29 bits per heavy atom. The normalized spacial score (nSPS) is 38.6. The Bertz CT molecular complexity index is 63.1. The fourth-order valence-electron chi connectivity index (χ4n) is 0.546. The molecule has 0 amide bonds. The van der Waals surface area contributed by atoms with Crippen molar-refractivity contribution in [2.75, 3.05) is 0 Å². The lowest BCUT2D eigenvalue weighted by Gasteiger charge is -1.80. The summed E-state index contributed by atoms with van der Waals surface area (Å²) in [6.45, 7) is 3.61. The Labute approximate surface area is 43.1 Å². The first-order valence-electron chi connectivity index (χ1n) is 2.47. The fourth-order valence-corrected chi connectivity index (χ4v) is 0.546. The molecule has 0 bridgehead atoms. The van der Waals surface area contributed by atoms with Crippen molar-refractivity contribution in [3.8, 4) is 0 Å². The van der Waals surface area contributed by atoms with Crippen molar-refractivity contribution in [3.63, 3.8) is 0 Å². The molecule has 0 saturated carbocycles. The van der Waals surface area contributed by atoms with Crippen LogP contribution in [0.25, 0.3) is 0 Å². The van der Waals surface area contributed by atoms with Gasteiger partial charge in [0.25, 0.3) is 0 Å². The third-order valence-electron chi connectivity index (χ3n) is 1.04. The highest BCUT2D eigenvalue weighted by atomic mass is 16.7. The number of hydrogen-bond donors (Lipinski definition) is 1. The largest absolute Gasteiger partial charge is 0.366 e. The lowest BCUT2D eigenvalue weighted by molar-refractivity contribution is 0.156. The first-order valence-corrected chi connectivity index (χ1v) is 2.47. The molecular weight excluding hydrogens is 92.1 g/mol. The first kappa shape index (κ1) is 5.06. The Kier molecular flexibility index (Phi) is 1.30. The molecule has 0 aliphatic carbocycles. The quantitative estimate of drug-likeness (QED) is 0.508. The topological polar surface area (TPSA) is 32.8 Å².